The predicted octanol–water partition coefficient (Wildman–Crippen LogP) is 5.07. The number of nitrogens with zero attached hydrogens (tertiary/aromatic N) is 2. The van der Waals surface area contributed by atoms with Crippen molar-refractivity contribution in [2.45, 2.75) is 12.8 Å². The second-order valence-corrected chi connectivity index (χ2v) is 9.45. The second kappa shape index (κ2) is 16.8. The van der Waals surface area contributed by atoms with Crippen molar-refractivity contribution in [2.24, 2.45) is 0 Å². The first-order chi connectivity index (χ1) is 18.7. The molecule has 0 aliphatic heterocycles. The number of hydrogen-bond acceptors (Lipinski definition) is 6. The van der Waals surface area contributed by atoms with Crippen LogP contribution in [0.4, 0.5) is 11.4 Å². The van der Waals surface area contributed by atoms with Gasteiger partial charge < -0.3 is 28.7 Å². The van der Waals surface area contributed by atoms with Gasteiger partial charge in [0, 0.05) is 66.0 Å². The highest BCUT2D eigenvalue weighted by Gasteiger charge is 2.08. The number of rotatable bonds is 18. The summed E-state index contributed by atoms with van der Waals surface area (Å²) in [5, 5.41) is 0. The second-order valence-electron chi connectivity index (χ2n) is 9.45. The van der Waals surface area contributed by atoms with Gasteiger partial charge in [0.2, 0.25) is 0 Å². The summed E-state index contributed by atoms with van der Waals surface area (Å²) in [4.78, 5) is 4.61. The molecule has 0 aliphatic carbocycles. The number of methoxy groups -OCH3 is 4. The molecule has 0 N–H and O–H groups in total. The minimum atomic E-state index is 0.695. The monoisotopic (exact) mass is 520 g/mol. The van der Waals surface area contributed by atoms with Gasteiger partial charge in [0.25, 0.3) is 0 Å². The van der Waals surface area contributed by atoms with E-state index in [0.717, 1.165) is 39.0 Å². The van der Waals surface area contributed by atoms with E-state index in [9.17, 15) is 0 Å². The summed E-state index contributed by atoms with van der Waals surface area (Å²) in [5.74, 6) is 0. The SMILES string of the molecule is COCCN(CCOC)c1ccc(Cc2cccc(Cc3ccc(N(CCOC)CCOC)cc3)c2)cc1. The van der Waals surface area contributed by atoms with Gasteiger partial charge >= 0.3 is 0 Å². The van der Waals surface area contributed by atoms with Gasteiger partial charge in [-0.1, -0.05) is 48.5 Å². The van der Waals surface area contributed by atoms with Crippen LogP contribution in [0.1, 0.15) is 22.3 Å². The van der Waals surface area contributed by atoms with Gasteiger partial charge in [0.1, 0.15) is 0 Å². The van der Waals surface area contributed by atoms with Crippen LogP contribution in [0.3, 0.4) is 0 Å². The third-order valence-electron chi connectivity index (χ3n) is 6.67. The van der Waals surface area contributed by atoms with Crippen LogP contribution in [-0.4, -0.2) is 81.0 Å². The van der Waals surface area contributed by atoms with E-state index in [0.29, 0.717) is 26.4 Å². The fraction of sp³-hybridized carbons (Fsp3) is 0.438. The van der Waals surface area contributed by atoms with Crippen molar-refractivity contribution in [1.82, 2.24) is 0 Å². The molecule has 3 aromatic carbocycles. The van der Waals surface area contributed by atoms with E-state index in [1.165, 1.54) is 33.6 Å². The number of ether oxygens (including phenoxy) is 4. The highest BCUT2D eigenvalue weighted by Crippen LogP contribution is 2.20. The highest BCUT2D eigenvalue weighted by atomic mass is 16.5. The van der Waals surface area contributed by atoms with Crippen molar-refractivity contribution in [2.75, 3.05) is 90.8 Å². The van der Waals surface area contributed by atoms with E-state index < -0.39 is 0 Å². The van der Waals surface area contributed by atoms with Crippen LogP contribution in [0.15, 0.2) is 72.8 Å². The summed E-state index contributed by atoms with van der Waals surface area (Å²) in [6, 6.07) is 26.7. The van der Waals surface area contributed by atoms with Crippen molar-refractivity contribution >= 4 is 11.4 Å². The van der Waals surface area contributed by atoms with Crippen LogP contribution < -0.4 is 9.80 Å². The average Bonchev–Trinajstić information content (AvgIpc) is 2.95. The molecule has 0 saturated heterocycles. The third-order valence-corrected chi connectivity index (χ3v) is 6.67. The molecule has 0 radical (unpaired) electrons. The normalized spacial score (nSPS) is 11.1. The topological polar surface area (TPSA) is 43.4 Å². The van der Waals surface area contributed by atoms with Crippen molar-refractivity contribution in [3.63, 3.8) is 0 Å². The Morgan fingerprint density at radius 3 is 1.11 bits per heavy atom. The molecule has 0 spiro atoms. The molecule has 0 aliphatic rings. The molecule has 3 rings (SSSR count). The van der Waals surface area contributed by atoms with Gasteiger partial charge in [-0.05, 0) is 59.4 Å². The van der Waals surface area contributed by atoms with Gasteiger partial charge in [-0.15, -0.1) is 0 Å². The minimum absolute atomic E-state index is 0.695. The molecule has 6 heteroatoms. The smallest absolute Gasteiger partial charge is 0.0637 e. The van der Waals surface area contributed by atoms with Crippen molar-refractivity contribution in [3.05, 3.63) is 95.1 Å². The number of hydrogen-bond donors (Lipinski definition) is 0. The van der Waals surface area contributed by atoms with Crippen LogP contribution in [0.5, 0.6) is 0 Å². The fourth-order valence-corrected chi connectivity index (χ4v) is 4.52. The van der Waals surface area contributed by atoms with E-state index in [1.54, 1.807) is 28.4 Å². The molecular formula is C32H44N2O4. The third kappa shape index (κ3) is 9.76. The van der Waals surface area contributed by atoms with E-state index >= 15 is 0 Å². The maximum atomic E-state index is 5.28. The zero-order chi connectivity index (χ0) is 27.0. The highest BCUT2D eigenvalue weighted by molar-refractivity contribution is 5.49. The fourth-order valence-electron chi connectivity index (χ4n) is 4.52. The molecule has 0 saturated carbocycles. The van der Waals surface area contributed by atoms with Gasteiger partial charge in [-0.2, -0.15) is 0 Å². The van der Waals surface area contributed by atoms with Gasteiger partial charge in [-0.3, -0.25) is 0 Å². The summed E-state index contributed by atoms with van der Waals surface area (Å²) in [5.41, 5.74) is 7.66. The Morgan fingerprint density at radius 2 is 0.789 bits per heavy atom. The Morgan fingerprint density at radius 1 is 0.447 bits per heavy atom. The number of anilines is 2. The summed E-state index contributed by atoms with van der Waals surface area (Å²) < 4.78 is 21.1. The molecule has 0 fully saturated rings. The molecule has 0 aromatic heterocycles. The first-order valence-corrected chi connectivity index (χ1v) is 13.4. The lowest BCUT2D eigenvalue weighted by molar-refractivity contribution is 0.190. The van der Waals surface area contributed by atoms with Crippen molar-refractivity contribution in [3.8, 4) is 0 Å². The molecule has 38 heavy (non-hydrogen) atoms. The van der Waals surface area contributed by atoms with E-state index in [2.05, 4.69) is 82.6 Å². The lowest BCUT2D eigenvalue weighted by Gasteiger charge is -2.24. The number of benzene rings is 3. The minimum Gasteiger partial charge on any atom is -0.383 e. The largest absolute Gasteiger partial charge is 0.383 e. The van der Waals surface area contributed by atoms with Crippen LogP contribution in [0, 0.1) is 0 Å². The molecule has 0 atom stereocenters. The maximum Gasteiger partial charge on any atom is 0.0637 e. The Kier molecular flexibility index (Phi) is 13.1. The zero-order valence-corrected chi connectivity index (χ0v) is 23.5. The Labute approximate surface area is 229 Å². The molecule has 6 nitrogen and oxygen atoms in total. The molecule has 0 heterocycles. The standard InChI is InChI=1S/C32H44N2O4/c1-35-20-16-33(17-21-36-2)31-12-8-27(9-13-31)24-29-6-5-7-30(26-29)25-28-10-14-32(15-11-28)34(18-22-37-3)19-23-38-4/h5-15,26H,16-25H2,1-4H3. The first-order valence-electron chi connectivity index (χ1n) is 13.4. The van der Waals surface area contributed by atoms with Crippen LogP contribution in [0.2, 0.25) is 0 Å². The Bertz CT molecular complexity index is 943. The van der Waals surface area contributed by atoms with Gasteiger partial charge in [0.05, 0.1) is 26.4 Å². The van der Waals surface area contributed by atoms with Gasteiger partial charge in [-0.25, -0.2) is 0 Å². The Balaban J connectivity index is 1.62. The first kappa shape index (κ1) is 29.7. The molecule has 206 valence electrons. The maximum absolute atomic E-state index is 5.28. The average molecular weight is 521 g/mol. The summed E-state index contributed by atoms with van der Waals surface area (Å²) in [7, 11) is 6.96. The molecule has 3 aromatic rings. The molecule has 0 unspecified atom stereocenters. The predicted molar refractivity (Wildman–Crippen MR) is 157 cm³/mol. The summed E-state index contributed by atoms with van der Waals surface area (Å²) in [6.07, 6.45) is 1.83. The van der Waals surface area contributed by atoms with Crippen molar-refractivity contribution < 1.29 is 18.9 Å². The van der Waals surface area contributed by atoms with Crippen LogP contribution in [0.25, 0.3) is 0 Å². The van der Waals surface area contributed by atoms with E-state index in [1.807, 2.05) is 0 Å². The zero-order valence-electron chi connectivity index (χ0n) is 23.5. The van der Waals surface area contributed by atoms with Crippen LogP contribution in [-0.2, 0) is 31.8 Å². The van der Waals surface area contributed by atoms with E-state index in [4.69, 9.17) is 18.9 Å². The quantitative estimate of drug-likeness (QED) is 0.233. The van der Waals surface area contributed by atoms with E-state index in [-0.39, 0.29) is 0 Å². The summed E-state index contributed by atoms with van der Waals surface area (Å²) >= 11 is 0. The van der Waals surface area contributed by atoms with Crippen molar-refractivity contribution in [1.29, 1.82) is 0 Å². The lowest BCUT2D eigenvalue weighted by atomic mass is 9.99. The summed E-state index contributed by atoms with van der Waals surface area (Å²) in [6.45, 7) is 6.17. The van der Waals surface area contributed by atoms with Gasteiger partial charge in [0.15, 0.2) is 0 Å². The Hall–Kier alpha value is -2.90. The lowest BCUT2D eigenvalue weighted by Crippen LogP contribution is -2.30. The van der Waals surface area contributed by atoms with Crippen LogP contribution >= 0.6 is 0 Å². The molecular weight excluding hydrogens is 476 g/mol. The molecule has 0 amide bonds. The molecule has 0 bridgehead atoms.